The highest BCUT2D eigenvalue weighted by Gasteiger charge is 2.11. The van der Waals surface area contributed by atoms with Gasteiger partial charge >= 0.3 is 5.69 Å². The highest BCUT2D eigenvalue weighted by Crippen LogP contribution is 2.12. The number of nitro benzene ring substituents is 1. The average Bonchev–Trinajstić information content (AvgIpc) is 2.75. The van der Waals surface area contributed by atoms with Crippen molar-refractivity contribution < 1.29 is 4.92 Å². The predicted molar refractivity (Wildman–Crippen MR) is 78.9 cm³/mol. The van der Waals surface area contributed by atoms with Gasteiger partial charge in [-0.3, -0.25) is 10.1 Å². The summed E-state index contributed by atoms with van der Waals surface area (Å²) < 4.78 is 2.74. The lowest BCUT2D eigenvalue weighted by atomic mass is 10.2. The summed E-state index contributed by atoms with van der Waals surface area (Å²) >= 11 is 0. The zero-order valence-corrected chi connectivity index (χ0v) is 12.1. The Morgan fingerprint density at radius 1 is 1.23 bits per heavy atom. The minimum absolute atomic E-state index is 0.0132. The fraction of sp³-hybridized carbons (Fsp3) is 0.214. The van der Waals surface area contributed by atoms with E-state index in [1.807, 2.05) is 19.9 Å². The molecule has 0 unspecified atom stereocenters. The first-order chi connectivity index (χ1) is 10.5. The van der Waals surface area contributed by atoms with Crippen LogP contribution < -0.4 is 5.69 Å². The van der Waals surface area contributed by atoms with Crippen molar-refractivity contribution in [3.63, 3.8) is 0 Å². The lowest BCUT2D eigenvalue weighted by Crippen LogP contribution is -2.22. The quantitative estimate of drug-likeness (QED) is 0.539. The lowest BCUT2D eigenvalue weighted by Gasteiger charge is -1.99. The van der Waals surface area contributed by atoms with E-state index in [1.54, 1.807) is 12.1 Å². The molecule has 8 nitrogen and oxygen atoms in total. The average molecular weight is 299 g/mol. The molecule has 0 aliphatic carbocycles. The Bertz CT molecular complexity index is 924. The van der Waals surface area contributed by atoms with Crippen LogP contribution >= 0.6 is 0 Å². The van der Waals surface area contributed by atoms with E-state index < -0.39 is 4.92 Å². The molecule has 3 rings (SSSR count). The predicted octanol–water partition coefficient (Wildman–Crippen LogP) is 1.46. The molecule has 0 saturated carbocycles. The standard InChI is InChI=1S/C14H13N5O3/c1-9-7-10(2)18-13(15-9)16-17(14(18)20)8-11-3-5-12(6-4-11)19(21)22/h3-7H,8H2,1-2H3. The molecular formula is C14H13N5O3. The molecule has 3 aromatic rings. The number of aromatic nitrogens is 4. The van der Waals surface area contributed by atoms with Crippen molar-refractivity contribution in [3.05, 3.63) is 67.9 Å². The van der Waals surface area contributed by atoms with Gasteiger partial charge in [0.05, 0.1) is 11.5 Å². The van der Waals surface area contributed by atoms with Gasteiger partial charge in [-0.05, 0) is 25.5 Å². The molecule has 0 saturated heterocycles. The molecule has 0 amide bonds. The Labute approximate surface area is 124 Å². The Balaban J connectivity index is 2.00. The second-order valence-electron chi connectivity index (χ2n) is 5.04. The molecule has 0 aliphatic rings. The lowest BCUT2D eigenvalue weighted by molar-refractivity contribution is -0.384. The van der Waals surface area contributed by atoms with Crippen molar-refractivity contribution in [2.75, 3.05) is 0 Å². The number of aryl methyl sites for hydroxylation is 2. The molecule has 0 fully saturated rings. The zero-order valence-electron chi connectivity index (χ0n) is 12.1. The van der Waals surface area contributed by atoms with Crippen molar-refractivity contribution in [3.8, 4) is 0 Å². The van der Waals surface area contributed by atoms with Gasteiger partial charge in [0.15, 0.2) is 0 Å². The van der Waals surface area contributed by atoms with Crippen molar-refractivity contribution in [1.29, 1.82) is 0 Å². The zero-order chi connectivity index (χ0) is 15.9. The number of rotatable bonds is 3. The normalized spacial score (nSPS) is 11.0. The van der Waals surface area contributed by atoms with Crippen LogP contribution in [-0.4, -0.2) is 24.1 Å². The summed E-state index contributed by atoms with van der Waals surface area (Å²) in [6, 6.07) is 7.85. The van der Waals surface area contributed by atoms with Crippen LogP contribution in [0.3, 0.4) is 0 Å². The number of benzene rings is 1. The van der Waals surface area contributed by atoms with Gasteiger partial charge in [0.1, 0.15) is 0 Å². The third-order valence-corrected chi connectivity index (χ3v) is 3.35. The van der Waals surface area contributed by atoms with Gasteiger partial charge in [0, 0.05) is 23.5 Å². The fourth-order valence-electron chi connectivity index (χ4n) is 2.33. The maximum atomic E-state index is 12.4. The molecule has 2 aromatic heterocycles. The molecule has 0 bridgehead atoms. The first kappa shape index (κ1) is 13.9. The smallest absolute Gasteiger partial charge is 0.258 e. The van der Waals surface area contributed by atoms with Gasteiger partial charge < -0.3 is 0 Å². The third kappa shape index (κ3) is 2.34. The van der Waals surface area contributed by atoms with Crippen molar-refractivity contribution in [1.82, 2.24) is 19.2 Å². The highest BCUT2D eigenvalue weighted by atomic mass is 16.6. The number of nitrogens with zero attached hydrogens (tertiary/aromatic N) is 5. The summed E-state index contributed by atoms with van der Waals surface area (Å²) in [7, 11) is 0. The molecule has 0 spiro atoms. The van der Waals surface area contributed by atoms with Crippen molar-refractivity contribution in [2.24, 2.45) is 0 Å². The first-order valence-electron chi connectivity index (χ1n) is 6.63. The maximum absolute atomic E-state index is 12.4. The van der Waals surface area contributed by atoms with Gasteiger partial charge in [-0.1, -0.05) is 12.1 Å². The SMILES string of the molecule is Cc1cc(C)n2c(=O)n(Cc3ccc([N+](=O)[O-])cc3)nc2n1. The molecule has 1 aromatic carbocycles. The largest absolute Gasteiger partial charge is 0.352 e. The molecule has 8 heteroatoms. The summed E-state index contributed by atoms with van der Waals surface area (Å²) in [6.45, 7) is 3.90. The van der Waals surface area contributed by atoms with Crippen LogP contribution in [0, 0.1) is 24.0 Å². The van der Waals surface area contributed by atoms with E-state index in [0.717, 1.165) is 17.0 Å². The summed E-state index contributed by atoms with van der Waals surface area (Å²) in [4.78, 5) is 26.8. The summed E-state index contributed by atoms with van der Waals surface area (Å²) in [5.41, 5.74) is 2.04. The van der Waals surface area contributed by atoms with E-state index in [2.05, 4.69) is 10.1 Å². The minimum atomic E-state index is -0.461. The minimum Gasteiger partial charge on any atom is -0.258 e. The van der Waals surface area contributed by atoms with Gasteiger partial charge in [-0.15, -0.1) is 5.10 Å². The Morgan fingerprint density at radius 2 is 1.91 bits per heavy atom. The number of nitro groups is 1. The third-order valence-electron chi connectivity index (χ3n) is 3.35. The van der Waals surface area contributed by atoms with Crippen LogP contribution in [0.1, 0.15) is 17.0 Å². The molecule has 0 atom stereocenters. The molecule has 2 heterocycles. The first-order valence-corrected chi connectivity index (χ1v) is 6.63. The Kier molecular flexibility index (Phi) is 3.21. The van der Waals surface area contributed by atoms with Gasteiger partial charge in [-0.25, -0.2) is 18.9 Å². The van der Waals surface area contributed by atoms with Crippen molar-refractivity contribution >= 4 is 11.5 Å². The monoisotopic (exact) mass is 299 g/mol. The van der Waals surface area contributed by atoms with Gasteiger partial charge in [0.2, 0.25) is 0 Å². The van der Waals surface area contributed by atoms with Crippen LogP contribution in [-0.2, 0) is 6.54 Å². The summed E-state index contributed by atoms with van der Waals surface area (Å²) in [5.74, 6) is 0.351. The maximum Gasteiger partial charge on any atom is 0.352 e. The van der Waals surface area contributed by atoms with Crippen molar-refractivity contribution in [2.45, 2.75) is 20.4 Å². The number of fused-ring (bicyclic) bond motifs is 1. The number of non-ortho nitro benzene ring substituents is 1. The van der Waals surface area contributed by atoms with Crippen LogP contribution in [0.2, 0.25) is 0 Å². The second kappa shape index (κ2) is 5.06. The molecule has 112 valence electrons. The number of hydrogen-bond donors (Lipinski definition) is 0. The van der Waals surface area contributed by atoms with E-state index in [4.69, 9.17) is 0 Å². The molecular weight excluding hydrogens is 286 g/mol. The molecule has 0 N–H and O–H groups in total. The van der Waals surface area contributed by atoms with E-state index >= 15 is 0 Å². The summed E-state index contributed by atoms with van der Waals surface area (Å²) in [6.07, 6.45) is 0. The second-order valence-corrected chi connectivity index (χ2v) is 5.04. The number of hydrogen-bond acceptors (Lipinski definition) is 5. The van der Waals surface area contributed by atoms with Crippen LogP contribution in [0.25, 0.3) is 5.78 Å². The molecule has 0 aliphatic heterocycles. The van der Waals surface area contributed by atoms with E-state index in [9.17, 15) is 14.9 Å². The summed E-state index contributed by atoms with van der Waals surface area (Å²) in [5, 5.41) is 14.8. The Hall–Kier alpha value is -3.03. The Morgan fingerprint density at radius 3 is 2.55 bits per heavy atom. The molecule has 0 radical (unpaired) electrons. The van der Waals surface area contributed by atoms with E-state index in [1.165, 1.54) is 21.2 Å². The van der Waals surface area contributed by atoms with E-state index in [0.29, 0.717) is 5.78 Å². The van der Waals surface area contributed by atoms with Crippen LogP contribution in [0.5, 0.6) is 0 Å². The highest BCUT2D eigenvalue weighted by molar-refractivity contribution is 5.34. The van der Waals surface area contributed by atoms with Crippen LogP contribution in [0.15, 0.2) is 35.1 Å². The molecule has 22 heavy (non-hydrogen) atoms. The van der Waals surface area contributed by atoms with E-state index in [-0.39, 0.29) is 17.9 Å². The topological polar surface area (TPSA) is 95.3 Å². The van der Waals surface area contributed by atoms with Gasteiger partial charge in [-0.2, -0.15) is 0 Å². The fourth-order valence-corrected chi connectivity index (χ4v) is 2.33. The van der Waals surface area contributed by atoms with Crippen LogP contribution in [0.4, 0.5) is 5.69 Å². The van der Waals surface area contributed by atoms with Gasteiger partial charge in [0.25, 0.3) is 11.5 Å².